The molecule has 1 aliphatic rings. The number of hydrogen-bond donors (Lipinski definition) is 1. The van der Waals surface area contributed by atoms with Crippen molar-refractivity contribution in [3.8, 4) is 5.75 Å². The lowest BCUT2D eigenvalue weighted by Crippen LogP contribution is -2.18. The molecule has 2 N–H and O–H groups in total. The molecule has 0 spiro atoms. The predicted molar refractivity (Wildman–Crippen MR) is 71.7 cm³/mol. The van der Waals surface area contributed by atoms with Crippen molar-refractivity contribution < 1.29 is 17.9 Å². The minimum atomic E-state index is -4.66. The van der Waals surface area contributed by atoms with Crippen molar-refractivity contribution >= 4 is 0 Å². The van der Waals surface area contributed by atoms with E-state index in [1.165, 1.54) is 12.1 Å². The van der Waals surface area contributed by atoms with Crippen molar-refractivity contribution in [1.29, 1.82) is 0 Å². The highest BCUT2D eigenvalue weighted by atomic mass is 19.4. The molecule has 2 atom stereocenters. The van der Waals surface area contributed by atoms with Gasteiger partial charge in [0.25, 0.3) is 0 Å². The molecule has 0 saturated heterocycles. The van der Waals surface area contributed by atoms with E-state index in [9.17, 15) is 13.2 Å². The van der Waals surface area contributed by atoms with Gasteiger partial charge in [0.15, 0.2) is 0 Å². The summed E-state index contributed by atoms with van der Waals surface area (Å²) in [6, 6.07) is 4.93. The van der Waals surface area contributed by atoms with Gasteiger partial charge in [0, 0.05) is 0 Å². The molecule has 0 aliphatic heterocycles. The van der Waals surface area contributed by atoms with Gasteiger partial charge in [-0.3, -0.25) is 0 Å². The van der Waals surface area contributed by atoms with Crippen LogP contribution in [-0.2, 0) is 5.41 Å². The fourth-order valence-electron chi connectivity index (χ4n) is 2.38. The summed E-state index contributed by atoms with van der Waals surface area (Å²) in [5.74, 6) is 0.504. The van der Waals surface area contributed by atoms with E-state index in [1.54, 1.807) is 0 Å². The summed E-state index contributed by atoms with van der Waals surface area (Å²) < 4.78 is 41.3. The smallest absolute Gasteiger partial charge is 0.406 e. The van der Waals surface area contributed by atoms with E-state index in [-0.39, 0.29) is 17.1 Å². The van der Waals surface area contributed by atoms with Gasteiger partial charge in [-0.25, -0.2) is 0 Å². The van der Waals surface area contributed by atoms with E-state index in [2.05, 4.69) is 4.74 Å². The number of hydrogen-bond acceptors (Lipinski definition) is 2. The van der Waals surface area contributed by atoms with Gasteiger partial charge in [-0.1, -0.05) is 26.8 Å². The Labute approximate surface area is 117 Å². The van der Waals surface area contributed by atoms with Crippen LogP contribution in [0.2, 0.25) is 0 Å². The maximum Gasteiger partial charge on any atom is 0.573 e. The maximum atomic E-state index is 12.4. The number of rotatable bonds is 3. The molecule has 1 saturated carbocycles. The third-order valence-electron chi connectivity index (χ3n) is 3.68. The van der Waals surface area contributed by atoms with Gasteiger partial charge < -0.3 is 10.5 Å². The molecular weight excluding hydrogens is 267 g/mol. The van der Waals surface area contributed by atoms with E-state index in [0.717, 1.165) is 17.5 Å². The lowest BCUT2D eigenvalue weighted by atomic mass is 9.85. The van der Waals surface area contributed by atoms with Gasteiger partial charge in [-0.2, -0.15) is 0 Å². The molecule has 1 fully saturated rings. The standard InChI is InChI=1S/C15H20F3NO/c1-14(2,3)11-4-9(13-6-10(13)8-19)5-12(7-11)20-15(16,17)18/h4-5,7,10,13H,6,8,19H2,1-3H3. The van der Waals surface area contributed by atoms with Gasteiger partial charge in [-0.15, -0.1) is 13.2 Å². The van der Waals surface area contributed by atoms with Crippen LogP contribution in [0.1, 0.15) is 44.2 Å². The van der Waals surface area contributed by atoms with Gasteiger partial charge in [0.2, 0.25) is 0 Å². The summed E-state index contributed by atoms with van der Waals surface area (Å²) in [4.78, 5) is 0. The normalized spacial score (nSPS) is 22.8. The van der Waals surface area contributed by atoms with Crippen molar-refractivity contribution in [2.45, 2.75) is 44.9 Å². The first-order valence-electron chi connectivity index (χ1n) is 6.71. The maximum absolute atomic E-state index is 12.4. The quantitative estimate of drug-likeness (QED) is 0.913. The Hall–Kier alpha value is -1.23. The minimum absolute atomic E-state index is 0.136. The molecule has 2 rings (SSSR count). The van der Waals surface area contributed by atoms with Crippen molar-refractivity contribution in [1.82, 2.24) is 0 Å². The van der Waals surface area contributed by atoms with Gasteiger partial charge in [0.1, 0.15) is 5.75 Å². The molecule has 2 unspecified atom stereocenters. The van der Waals surface area contributed by atoms with Crippen LogP contribution in [0, 0.1) is 5.92 Å². The summed E-state index contributed by atoms with van der Waals surface area (Å²) in [6.07, 6.45) is -3.72. The van der Waals surface area contributed by atoms with Crippen LogP contribution in [0.15, 0.2) is 18.2 Å². The number of halogens is 3. The second kappa shape index (κ2) is 4.95. The van der Waals surface area contributed by atoms with Gasteiger partial charge >= 0.3 is 6.36 Å². The van der Waals surface area contributed by atoms with E-state index in [4.69, 9.17) is 5.73 Å². The van der Waals surface area contributed by atoms with E-state index in [0.29, 0.717) is 12.5 Å². The zero-order valence-electron chi connectivity index (χ0n) is 11.9. The summed E-state index contributed by atoms with van der Waals surface area (Å²) in [6.45, 7) is 6.48. The molecule has 0 bridgehead atoms. The molecule has 112 valence electrons. The lowest BCUT2D eigenvalue weighted by Gasteiger charge is -2.22. The number of nitrogens with two attached hydrogens (primary N) is 1. The molecule has 0 radical (unpaired) electrons. The molecule has 5 heteroatoms. The fourth-order valence-corrected chi connectivity index (χ4v) is 2.38. The second-order valence-electron chi connectivity index (χ2n) is 6.43. The highest BCUT2D eigenvalue weighted by Gasteiger charge is 2.38. The topological polar surface area (TPSA) is 35.2 Å². The molecule has 2 nitrogen and oxygen atoms in total. The molecule has 0 amide bonds. The molecule has 0 aromatic heterocycles. The molecule has 1 aromatic carbocycles. The third kappa shape index (κ3) is 3.66. The first kappa shape index (κ1) is 15.2. The number of benzene rings is 1. The molecular formula is C15H20F3NO. The van der Waals surface area contributed by atoms with Crippen LogP contribution in [-0.4, -0.2) is 12.9 Å². The predicted octanol–water partition coefficient (Wildman–Crippen LogP) is 3.94. The van der Waals surface area contributed by atoms with Gasteiger partial charge in [-0.05, 0) is 53.5 Å². The van der Waals surface area contributed by atoms with Crippen molar-refractivity contribution in [3.63, 3.8) is 0 Å². The Bertz CT molecular complexity index is 491. The van der Waals surface area contributed by atoms with E-state index >= 15 is 0 Å². The van der Waals surface area contributed by atoms with Crippen molar-refractivity contribution in [2.75, 3.05) is 6.54 Å². The summed E-state index contributed by atoms with van der Waals surface area (Å²) in [5.41, 5.74) is 7.12. The fraction of sp³-hybridized carbons (Fsp3) is 0.600. The van der Waals surface area contributed by atoms with Gasteiger partial charge in [0.05, 0.1) is 0 Å². The Morgan fingerprint density at radius 2 is 1.85 bits per heavy atom. The Kier molecular flexibility index (Phi) is 3.75. The largest absolute Gasteiger partial charge is 0.573 e. The summed E-state index contributed by atoms with van der Waals surface area (Å²) in [7, 11) is 0. The van der Waals surface area contributed by atoms with Crippen molar-refractivity contribution in [3.05, 3.63) is 29.3 Å². The van der Waals surface area contributed by atoms with Crippen LogP contribution < -0.4 is 10.5 Å². The highest BCUT2D eigenvalue weighted by Crippen LogP contribution is 2.48. The molecule has 1 aromatic rings. The minimum Gasteiger partial charge on any atom is -0.406 e. The summed E-state index contributed by atoms with van der Waals surface area (Å²) in [5, 5.41) is 0. The number of ether oxygens (including phenoxy) is 1. The van der Waals surface area contributed by atoms with E-state index in [1.807, 2.05) is 26.8 Å². The molecule has 0 heterocycles. The summed E-state index contributed by atoms with van der Waals surface area (Å²) >= 11 is 0. The van der Waals surface area contributed by atoms with Crippen molar-refractivity contribution in [2.24, 2.45) is 11.7 Å². The second-order valence-corrected chi connectivity index (χ2v) is 6.43. The van der Waals surface area contributed by atoms with Crippen LogP contribution in [0.25, 0.3) is 0 Å². The monoisotopic (exact) mass is 287 g/mol. The third-order valence-corrected chi connectivity index (χ3v) is 3.68. The molecule has 20 heavy (non-hydrogen) atoms. The van der Waals surface area contributed by atoms with E-state index < -0.39 is 6.36 Å². The first-order chi connectivity index (χ1) is 9.10. The van der Waals surface area contributed by atoms with Crippen LogP contribution in [0.4, 0.5) is 13.2 Å². The zero-order valence-corrected chi connectivity index (χ0v) is 11.9. The van der Waals surface area contributed by atoms with Crippen LogP contribution >= 0.6 is 0 Å². The Morgan fingerprint density at radius 1 is 1.20 bits per heavy atom. The Balaban J connectivity index is 2.35. The average Bonchev–Trinajstić information content (AvgIpc) is 3.04. The SMILES string of the molecule is CC(C)(C)c1cc(OC(F)(F)F)cc(C2CC2CN)c1. The number of alkyl halides is 3. The van der Waals surface area contributed by atoms with Crippen LogP contribution in [0.3, 0.4) is 0 Å². The zero-order chi connectivity index (χ0) is 15.1. The Morgan fingerprint density at radius 3 is 2.30 bits per heavy atom. The average molecular weight is 287 g/mol. The highest BCUT2D eigenvalue weighted by molar-refractivity contribution is 5.41. The first-order valence-corrected chi connectivity index (χ1v) is 6.71. The lowest BCUT2D eigenvalue weighted by molar-refractivity contribution is -0.274. The van der Waals surface area contributed by atoms with Crippen LogP contribution in [0.5, 0.6) is 5.75 Å². The molecule has 1 aliphatic carbocycles.